The normalized spacial score (nSPS) is 19.0. The van der Waals surface area contributed by atoms with Gasteiger partial charge in [-0.25, -0.2) is 4.79 Å². The van der Waals surface area contributed by atoms with E-state index in [4.69, 9.17) is 4.74 Å². The lowest BCUT2D eigenvalue weighted by molar-refractivity contribution is 0.0522. The summed E-state index contributed by atoms with van der Waals surface area (Å²) in [6.45, 7) is 5.93. The number of fused-ring (bicyclic) bond motifs is 1. The minimum Gasteiger partial charge on any atom is -0.462 e. The van der Waals surface area contributed by atoms with Crippen molar-refractivity contribution in [2.75, 3.05) is 6.61 Å². The summed E-state index contributed by atoms with van der Waals surface area (Å²) in [5.74, 6) is -0.0142. The Kier molecular flexibility index (Phi) is 3.05. The van der Waals surface area contributed by atoms with E-state index >= 15 is 0 Å². The number of aryl methyl sites for hydroxylation is 1. The van der Waals surface area contributed by atoms with Crippen LogP contribution in [-0.2, 0) is 11.2 Å². The molecule has 1 aromatic rings. The number of nitrogens with one attached hydrogen (secondary N) is 1. The standard InChI is InChI=1S/C13H17NO3/c1-4-17-13(16)11-8(3)14-9-5-7(2)6-10(15)12(9)11/h7,14H,4-6H2,1-3H3. The van der Waals surface area contributed by atoms with Gasteiger partial charge in [-0.15, -0.1) is 0 Å². The fraction of sp³-hybridized carbons (Fsp3) is 0.538. The molecule has 1 atom stereocenters. The second-order valence-electron chi connectivity index (χ2n) is 4.64. The Morgan fingerprint density at radius 2 is 2.18 bits per heavy atom. The second kappa shape index (κ2) is 4.35. The number of Topliss-reactive ketones (excluding diaryl/α,β-unsaturated/α-hetero) is 1. The van der Waals surface area contributed by atoms with Crippen molar-refractivity contribution in [3.05, 3.63) is 22.5 Å². The highest BCUT2D eigenvalue weighted by atomic mass is 16.5. The second-order valence-corrected chi connectivity index (χ2v) is 4.64. The molecule has 1 aliphatic carbocycles. The molecular formula is C13H17NO3. The molecule has 0 radical (unpaired) electrons. The number of carbonyl (C=O) groups is 2. The fourth-order valence-corrected chi connectivity index (χ4v) is 2.45. The molecule has 17 heavy (non-hydrogen) atoms. The van der Waals surface area contributed by atoms with Crippen molar-refractivity contribution in [2.45, 2.75) is 33.6 Å². The molecule has 1 N–H and O–H groups in total. The SMILES string of the molecule is CCOC(=O)c1c(C)[nH]c2c1C(=O)CC(C)C2. The molecule has 0 aromatic carbocycles. The van der Waals surface area contributed by atoms with Crippen LogP contribution in [0.4, 0.5) is 0 Å². The van der Waals surface area contributed by atoms with Crippen LogP contribution in [0.5, 0.6) is 0 Å². The van der Waals surface area contributed by atoms with Gasteiger partial charge in [0.1, 0.15) is 0 Å². The van der Waals surface area contributed by atoms with E-state index in [1.165, 1.54) is 0 Å². The first kappa shape index (κ1) is 11.9. The van der Waals surface area contributed by atoms with E-state index in [9.17, 15) is 9.59 Å². The van der Waals surface area contributed by atoms with Gasteiger partial charge in [0.25, 0.3) is 0 Å². The zero-order valence-electron chi connectivity index (χ0n) is 10.4. The van der Waals surface area contributed by atoms with Gasteiger partial charge in [-0.1, -0.05) is 6.92 Å². The van der Waals surface area contributed by atoms with E-state index < -0.39 is 5.97 Å². The molecule has 1 aromatic heterocycles. The van der Waals surface area contributed by atoms with Crippen LogP contribution >= 0.6 is 0 Å². The maximum Gasteiger partial charge on any atom is 0.340 e. The summed E-state index contributed by atoms with van der Waals surface area (Å²) in [4.78, 5) is 27.0. The monoisotopic (exact) mass is 235 g/mol. The number of rotatable bonds is 2. The molecule has 0 saturated carbocycles. The predicted molar refractivity (Wildman–Crippen MR) is 63.3 cm³/mol. The van der Waals surface area contributed by atoms with Gasteiger partial charge in [-0.3, -0.25) is 4.79 Å². The summed E-state index contributed by atoms with van der Waals surface area (Å²) >= 11 is 0. The number of ketones is 1. The van der Waals surface area contributed by atoms with E-state index in [-0.39, 0.29) is 5.78 Å². The Hall–Kier alpha value is -1.58. The Bertz CT molecular complexity index is 473. The average Bonchev–Trinajstić information content (AvgIpc) is 2.54. The Morgan fingerprint density at radius 1 is 1.47 bits per heavy atom. The highest BCUT2D eigenvalue weighted by Gasteiger charge is 2.31. The molecule has 1 heterocycles. The molecule has 4 nitrogen and oxygen atoms in total. The molecule has 1 unspecified atom stereocenters. The molecule has 0 saturated heterocycles. The van der Waals surface area contributed by atoms with Crippen LogP contribution in [0.25, 0.3) is 0 Å². The molecule has 1 aliphatic rings. The number of hydrogen-bond donors (Lipinski definition) is 1. The summed E-state index contributed by atoms with van der Waals surface area (Å²) in [6, 6.07) is 0. The number of carbonyl (C=O) groups excluding carboxylic acids is 2. The third-order valence-corrected chi connectivity index (χ3v) is 3.11. The number of aromatic nitrogens is 1. The van der Waals surface area contributed by atoms with Crippen LogP contribution in [-0.4, -0.2) is 23.3 Å². The van der Waals surface area contributed by atoms with Crippen LogP contribution in [0.1, 0.15) is 52.4 Å². The third-order valence-electron chi connectivity index (χ3n) is 3.11. The zero-order chi connectivity index (χ0) is 12.6. The van der Waals surface area contributed by atoms with Gasteiger partial charge >= 0.3 is 5.97 Å². The van der Waals surface area contributed by atoms with Gasteiger partial charge in [0.15, 0.2) is 5.78 Å². The molecule has 4 heteroatoms. The molecule has 0 spiro atoms. The van der Waals surface area contributed by atoms with Crippen molar-refractivity contribution in [1.29, 1.82) is 0 Å². The molecule has 0 aliphatic heterocycles. The van der Waals surface area contributed by atoms with Crippen LogP contribution in [0, 0.1) is 12.8 Å². The summed E-state index contributed by atoms with van der Waals surface area (Å²) in [7, 11) is 0. The maximum absolute atomic E-state index is 12.0. The minimum absolute atomic E-state index is 0.0474. The van der Waals surface area contributed by atoms with E-state index in [1.807, 2.05) is 13.8 Å². The number of hydrogen-bond acceptors (Lipinski definition) is 3. The first-order valence-electron chi connectivity index (χ1n) is 5.96. The van der Waals surface area contributed by atoms with E-state index in [0.29, 0.717) is 30.1 Å². The van der Waals surface area contributed by atoms with Gasteiger partial charge in [-0.2, -0.15) is 0 Å². The van der Waals surface area contributed by atoms with Gasteiger partial charge < -0.3 is 9.72 Å². The van der Waals surface area contributed by atoms with Crippen molar-refractivity contribution in [2.24, 2.45) is 5.92 Å². The van der Waals surface area contributed by atoms with Crippen molar-refractivity contribution in [3.63, 3.8) is 0 Å². The molecule has 0 amide bonds. The van der Waals surface area contributed by atoms with Crippen LogP contribution in [0.2, 0.25) is 0 Å². The first-order chi connectivity index (χ1) is 8.04. The molecular weight excluding hydrogens is 218 g/mol. The molecule has 0 bridgehead atoms. The largest absolute Gasteiger partial charge is 0.462 e. The van der Waals surface area contributed by atoms with Crippen LogP contribution in [0.3, 0.4) is 0 Å². The lowest BCUT2D eigenvalue weighted by Gasteiger charge is -2.17. The number of H-pyrrole nitrogens is 1. The Labute approximate surface area is 100 Å². The number of ether oxygens (including phenoxy) is 1. The maximum atomic E-state index is 12.0. The first-order valence-corrected chi connectivity index (χ1v) is 5.96. The number of aromatic amines is 1. The Morgan fingerprint density at radius 3 is 2.82 bits per heavy atom. The third kappa shape index (κ3) is 1.99. The summed E-state index contributed by atoms with van der Waals surface area (Å²) < 4.78 is 5.00. The lowest BCUT2D eigenvalue weighted by Crippen LogP contribution is -2.20. The predicted octanol–water partition coefficient (Wildman–Crippen LogP) is 2.26. The quantitative estimate of drug-likeness (QED) is 0.800. The minimum atomic E-state index is -0.398. The van der Waals surface area contributed by atoms with Gasteiger partial charge in [0.05, 0.1) is 17.7 Å². The molecule has 92 valence electrons. The highest BCUT2D eigenvalue weighted by Crippen LogP contribution is 2.29. The van der Waals surface area contributed by atoms with Crippen molar-refractivity contribution < 1.29 is 14.3 Å². The van der Waals surface area contributed by atoms with Gasteiger partial charge in [-0.05, 0) is 26.2 Å². The lowest BCUT2D eigenvalue weighted by atomic mass is 9.86. The van der Waals surface area contributed by atoms with E-state index in [0.717, 1.165) is 17.8 Å². The Balaban J connectivity index is 2.48. The molecule has 0 fully saturated rings. The summed E-state index contributed by atoms with van der Waals surface area (Å²) in [5, 5.41) is 0. The topological polar surface area (TPSA) is 59.2 Å². The zero-order valence-corrected chi connectivity index (χ0v) is 10.4. The van der Waals surface area contributed by atoms with Crippen molar-refractivity contribution >= 4 is 11.8 Å². The number of esters is 1. The van der Waals surface area contributed by atoms with Crippen LogP contribution in [0.15, 0.2) is 0 Å². The van der Waals surface area contributed by atoms with Crippen molar-refractivity contribution in [1.82, 2.24) is 4.98 Å². The fourth-order valence-electron chi connectivity index (χ4n) is 2.45. The highest BCUT2D eigenvalue weighted by molar-refractivity contribution is 6.08. The van der Waals surface area contributed by atoms with Gasteiger partial charge in [0, 0.05) is 17.8 Å². The summed E-state index contributed by atoms with van der Waals surface area (Å²) in [5.41, 5.74) is 2.60. The van der Waals surface area contributed by atoms with Crippen LogP contribution < -0.4 is 0 Å². The summed E-state index contributed by atoms with van der Waals surface area (Å²) in [6.07, 6.45) is 1.33. The van der Waals surface area contributed by atoms with Crippen molar-refractivity contribution in [3.8, 4) is 0 Å². The van der Waals surface area contributed by atoms with E-state index in [2.05, 4.69) is 4.98 Å². The average molecular weight is 235 g/mol. The van der Waals surface area contributed by atoms with Gasteiger partial charge in [0.2, 0.25) is 0 Å². The van der Waals surface area contributed by atoms with E-state index in [1.54, 1.807) is 6.92 Å². The smallest absolute Gasteiger partial charge is 0.340 e. The molecule has 2 rings (SSSR count).